The molecule has 1 aromatic rings. The van der Waals surface area contributed by atoms with Gasteiger partial charge < -0.3 is 15.4 Å². The zero-order valence-corrected chi connectivity index (χ0v) is 14.5. The number of anilines is 2. The van der Waals surface area contributed by atoms with Crippen LogP contribution in [0.1, 0.15) is 52.4 Å². The van der Waals surface area contributed by atoms with Crippen molar-refractivity contribution in [3.63, 3.8) is 0 Å². The van der Waals surface area contributed by atoms with Gasteiger partial charge in [0, 0.05) is 18.2 Å². The zero-order valence-electron chi connectivity index (χ0n) is 14.5. The van der Waals surface area contributed by atoms with Gasteiger partial charge in [-0.3, -0.25) is 9.59 Å². The smallest absolute Gasteiger partial charge is 0.233 e. The fourth-order valence-corrected chi connectivity index (χ4v) is 3.30. The molecule has 0 spiro atoms. The highest BCUT2D eigenvalue weighted by atomic mass is 16.5. The van der Waals surface area contributed by atoms with Crippen molar-refractivity contribution in [2.75, 3.05) is 17.2 Å². The molecule has 5 heteroatoms. The molecule has 0 saturated heterocycles. The Morgan fingerprint density at radius 3 is 2.83 bits per heavy atom. The molecule has 1 fully saturated rings. The Labute approximate surface area is 143 Å². The lowest BCUT2D eigenvalue weighted by Gasteiger charge is -2.18. The molecule has 2 amide bonds. The minimum atomic E-state index is -0.580. The van der Waals surface area contributed by atoms with Crippen LogP contribution in [0, 0.1) is 11.3 Å². The Morgan fingerprint density at radius 2 is 2.08 bits per heavy atom. The van der Waals surface area contributed by atoms with E-state index in [9.17, 15) is 9.59 Å². The van der Waals surface area contributed by atoms with Crippen molar-refractivity contribution in [1.29, 1.82) is 0 Å². The minimum absolute atomic E-state index is 0.0415. The SMILES string of the molecule is CC1(C)COc2cc(NC(=O)CCC3CCCC3)ccc2NC1=O. The van der Waals surface area contributed by atoms with Crippen molar-refractivity contribution < 1.29 is 14.3 Å². The Morgan fingerprint density at radius 1 is 1.33 bits per heavy atom. The van der Waals surface area contributed by atoms with Crippen LogP contribution in [0.2, 0.25) is 0 Å². The third-order valence-electron chi connectivity index (χ3n) is 4.97. The van der Waals surface area contributed by atoms with Crippen molar-refractivity contribution in [2.45, 2.75) is 52.4 Å². The molecule has 130 valence electrons. The summed E-state index contributed by atoms with van der Waals surface area (Å²) in [4.78, 5) is 24.3. The summed E-state index contributed by atoms with van der Waals surface area (Å²) in [7, 11) is 0. The van der Waals surface area contributed by atoms with Crippen LogP contribution in [0.4, 0.5) is 11.4 Å². The van der Waals surface area contributed by atoms with E-state index in [0.29, 0.717) is 36.1 Å². The molecule has 0 atom stereocenters. The summed E-state index contributed by atoms with van der Waals surface area (Å²) in [5.74, 6) is 1.29. The van der Waals surface area contributed by atoms with Crippen molar-refractivity contribution in [1.82, 2.24) is 0 Å². The molecule has 1 heterocycles. The third-order valence-corrected chi connectivity index (χ3v) is 4.97. The van der Waals surface area contributed by atoms with E-state index in [1.807, 2.05) is 13.8 Å². The van der Waals surface area contributed by atoms with Crippen molar-refractivity contribution >= 4 is 23.2 Å². The van der Waals surface area contributed by atoms with Crippen LogP contribution in [-0.2, 0) is 9.59 Å². The number of carbonyl (C=O) groups is 2. The summed E-state index contributed by atoms with van der Waals surface area (Å²) in [6, 6.07) is 5.36. The lowest BCUT2D eigenvalue weighted by Crippen LogP contribution is -2.33. The lowest BCUT2D eigenvalue weighted by atomic mass is 9.94. The predicted octanol–water partition coefficient (Wildman–Crippen LogP) is 3.95. The number of rotatable bonds is 4. The maximum atomic E-state index is 12.1. The molecule has 5 nitrogen and oxygen atoms in total. The molecule has 1 aromatic carbocycles. The second kappa shape index (κ2) is 6.83. The molecule has 1 saturated carbocycles. The Bertz CT molecular complexity index is 633. The predicted molar refractivity (Wildman–Crippen MR) is 94.2 cm³/mol. The molecule has 0 unspecified atom stereocenters. The quantitative estimate of drug-likeness (QED) is 0.878. The van der Waals surface area contributed by atoms with E-state index in [4.69, 9.17) is 4.74 Å². The first-order valence-electron chi connectivity index (χ1n) is 8.82. The van der Waals surface area contributed by atoms with E-state index in [0.717, 1.165) is 6.42 Å². The van der Waals surface area contributed by atoms with Gasteiger partial charge in [0.15, 0.2) is 0 Å². The molecule has 0 radical (unpaired) electrons. The number of benzene rings is 1. The van der Waals surface area contributed by atoms with Gasteiger partial charge in [-0.2, -0.15) is 0 Å². The molecule has 1 aliphatic carbocycles. The minimum Gasteiger partial charge on any atom is -0.490 e. The van der Waals surface area contributed by atoms with Gasteiger partial charge in [0.2, 0.25) is 11.8 Å². The van der Waals surface area contributed by atoms with Crippen LogP contribution >= 0.6 is 0 Å². The van der Waals surface area contributed by atoms with Gasteiger partial charge in [0.05, 0.1) is 11.1 Å². The van der Waals surface area contributed by atoms with Gasteiger partial charge >= 0.3 is 0 Å². The number of carbonyl (C=O) groups excluding carboxylic acids is 2. The van der Waals surface area contributed by atoms with E-state index in [-0.39, 0.29) is 11.8 Å². The summed E-state index contributed by atoms with van der Waals surface area (Å²) in [6.07, 6.45) is 6.65. The number of nitrogens with one attached hydrogen (secondary N) is 2. The largest absolute Gasteiger partial charge is 0.490 e. The van der Waals surface area contributed by atoms with Crippen LogP contribution in [0.25, 0.3) is 0 Å². The third kappa shape index (κ3) is 3.89. The van der Waals surface area contributed by atoms with Gasteiger partial charge in [-0.05, 0) is 38.3 Å². The van der Waals surface area contributed by atoms with E-state index in [2.05, 4.69) is 10.6 Å². The zero-order chi connectivity index (χ0) is 17.2. The maximum absolute atomic E-state index is 12.1. The van der Waals surface area contributed by atoms with E-state index in [1.165, 1.54) is 25.7 Å². The maximum Gasteiger partial charge on any atom is 0.233 e. The first-order valence-corrected chi connectivity index (χ1v) is 8.82. The van der Waals surface area contributed by atoms with Gasteiger partial charge in [-0.25, -0.2) is 0 Å². The lowest BCUT2D eigenvalue weighted by molar-refractivity contribution is -0.125. The summed E-state index contributed by atoms with van der Waals surface area (Å²) in [6.45, 7) is 4.00. The Balaban J connectivity index is 1.60. The second-order valence-electron chi connectivity index (χ2n) is 7.57. The fraction of sp³-hybridized carbons (Fsp3) is 0.579. The number of ether oxygens (including phenoxy) is 1. The van der Waals surface area contributed by atoms with Crippen LogP contribution < -0.4 is 15.4 Å². The molecular weight excluding hydrogens is 304 g/mol. The summed E-state index contributed by atoms with van der Waals surface area (Å²) in [5.41, 5.74) is 0.776. The Kier molecular flexibility index (Phi) is 4.78. The van der Waals surface area contributed by atoms with Gasteiger partial charge in [-0.1, -0.05) is 25.7 Å². The first kappa shape index (κ1) is 16.8. The number of hydrogen-bond acceptors (Lipinski definition) is 3. The highest BCUT2D eigenvalue weighted by Gasteiger charge is 2.32. The van der Waals surface area contributed by atoms with Crippen LogP contribution in [0.3, 0.4) is 0 Å². The second-order valence-corrected chi connectivity index (χ2v) is 7.57. The van der Waals surface area contributed by atoms with Gasteiger partial charge in [-0.15, -0.1) is 0 Å². The summed E-state index contributed by atoms with van der Waals surface area (Å²) < 4.78 is 5.76. The van der Waals surface area contributed by atoms with Crippen LogP contribution in [-0.4, -0.2) is 18.4 Å². The monoisotopic (exact) mass is 330 g/mol. The normalized spacial score (nSPS) is 19.8. The van der Waals surface area contributed by atoms with E-state index < -0.39 is 5.41 Å². The molecule has 3 rings (SSSR count). The van der Waals surface area contributed by atoms with E-state index in [1.54, 1.807) is 18.2 Å². The fourth-order valence-electron chi connectivity index (χ4n) is 3.30. The van der Waals surface area contributed by atoms with Gasteiger partial charge in [0.1, 0.15) is 12.4 Å². The summed E-state index contributed by atoms with van der Waals surface area (Å²) in [5, 5.41) is 5.82. The summed E-state index contributed by atoms with van der Waals surface area (Å²) >= 11 is 0. The average molecular weight is 330 g/mol. The first-order chi connectivity index (χ1) is 11.4. The van der Waals surface area contributed by atoms with Crippen LogP contribution in [0.15, 0.2) is 18.2 Å². The molecule has 2 aliphatic rings. The highest BCUT2D eigenvalue weighted by molar-refractivity contribution is 5.98. The molecule has 1 aliphatic heterocycles. The standard InChI is InChI=1S/C19H26N2O3/c1-19(2)12-24-16-11-14(8-9-15(16)21-18(19)23)20-17(22)10-7-13-5-3-4-6-13/h8-9,11,13H,3-7,10,12H2,1-2H3,(H,20,22)(H,21,23). The molecule has 0 aromatic heterocycles. The number of amides is 2. The van der Waals surface area contributed by atoms with Crippen molar-refractivity contribution in [2.24, 2.45) is 11.3 Å². The van der Waals surface area contributed by atoms with E-state index >= 15 is 0 Å². The topological polar surface area (TPSA) is 67.4 Å². The van der Waals surface area contributed by atoms with Gasteiger partial charge in [0.25, 0.3) is 0 Å². The average Bonchev–Trinajstić information content (AvgIpc) is 3.02. The highest BCUT2D eigenvalue weighted by Crippen LogP contribution is 2.34. The molecule has 24 heavy (non-hydrogen) atoms. The van der Waals surface area contributed by atoms with Crippen molar-refractivity contribution in [3.05, 3.63) is 18.2 Å². The number of hydrogen-bond donors (Lipinski definition) is 2. The van der Waals surface area contributed by atoms with Crippen molar-refractivity contribution in [3.8, 4) is 5.75 Å². The Hall–Kier alpha value is -2.04. The number of fused-ring (bicyclic) bond motifs is 1. The molecule has 2 N–H and O–H groups in total. The molecular formula is C19H26N2O3. The molecule has 0 bridgehead atoms. The van der Waals surface area contributed by atoms with Crippen LogP contribution in [0.5, 0.6) is 5.75 Å².